The number of rotatable bonds is 9. The Morgan fingerprint density at radius 2 is 1.93 bits per heavy atom. The van der Waals surface area contributed by atoms with Crippen LogP contribution in [0.4, 0.5) is 16.2 Å². The molecule has 0 aliphatic carbocycles. The van der Waals surface area contributed by atoms with Crippen LogP contribution >= 0.6 is 0 Å². The smallest absolute Gasteiger partial charge is 0.225 e. The van der Waals surface area contributed by atoms with Gasteiger partial charge in [0.25, 0.3) is 0 Å². The van der Waals surface area contributed by atoms with Gasteiger partial charge in [-0.2, -0.15) is 4.98 Å². The Morgan fingerprint density at radius 3 is 2.63 bits per heavy atom. The van der Waals surface area contributed by atoms with E-state index in [2.05, 4.69) is 64.6 Å². The van der Waals surface area contributed by atoms with E-state index in [1.807, 2.05) is 6.92 Å². The van der Waals surface area contributed by atoms with Crippen molar-refractivity contribution < 1.29 is 9.50 Å². The van der Waals surface area contributed by atoms with Gasteiger partial charge in [0.05, 0.1) is 23.9 Å². The molecule has 7 heteroatoms. The predicted molar refractivity (Wildman–Crippen MR) is 119 cm³/mol. The van der Waals surface area contributed by atoms with Gasteiger partial charge in [0.1, 0.15) is 11.3 Å². The number of benzene rings is 1. The molecule has 0 aliphatic heterocycles. The third-order valence-electron chi connectivity index (χ3n) is 5.38. The zero-order valence-electron chi connectivity index (χ0n) is 18.1. The van der Waals surface area contributed by atoms with Crippen LogP contribution < -0.4 is 10.6 Å². The number of halogens is 1. The van der Waals surface area contributed by atoms with Crippen LogP contribution in [-0.4, -0.2) is 32.2 Å². The van der Waals surface area contributed by atoms with E-state index in [1.165, 1.54) is 17.2 Å². The molecule has 0 fully saturated rings. The number of fused-ring (bicyclic) bond motifs is 1. The number of unbranched alkanes of at least 4 members (excludes halogenated alkanes) is 1. The SMILES string of the molecule is CCCC[C@](C)(CO)Nc1nc(NCc2ccc(C)c(C)c2)nc2cc(F)cnc12. The number of nitrogens with zero attached hydrogens (tertiary/aromatic N) is 3. The van der Waals surface area contributed by atoms with Crippen molar-refractivity contribution in [3.05, 3.63) is 53.0 Å². The summed E-state index contributed by atoms with van der Waals surface area (Å²) < 4.78 is 13.8. The van der Waals surface area contributed by atoms with Crippen molar-refractivity contribution in [2.24, 2.45) is 0 Å². The van der Waals surface area contributed by atoms with Crippen LogP contribution in [0.1, 0.15) is 49.8 Å². The Hall–Kier alpha value is -2.80. The number of aliphatic hydroxyl groups excluding tert-OH is 1. The highest BCUT2D eigenvalue weighted by Crippen LogP contribution is 2.26. The van der Waals surface area contributed by atoms with E-state index in [9.17, 15) is 9.50 Å². The summed E-state index contributed by atoms with van der Waals surface area (Å²) in [5, 5.41) is 16.5. The Labute approximate surface area is 177 Å². The summed E-state index contributed by atoms with van der Waals surface area (Å²) in [7, 11) is 0. The van der Waals surface area contributed by atoms with Gasteiger partial charge in [-0.3, -0.25) is 0 Å². The van der Waals surface area contributed by atoms with E-state index in [0.29, 0.717) is 29.3 Å². The fourth-order valence-corrected chi connectivity index (χ4v) is 3.29. The summed E-state index contributed by atoms with van der Waals surface area (Å²) in [5.41, 5.74) is 3.90. The summed E-state index contributed by atoms with van der Waals surface area (Å²) in [6.45, 7) is 8.70. The lowest BCUT2D eigenvalue weighted by molar-refractivity contribution is 0.212. The molecule has 3 rings (SSSR count). The molecule has 3 aromatic rings. The maximum absolute atomic E-state index is 13.8. The number of anilines is 2. The number of nitrogens with one attached hydrogen (secondary N) is 2. The van der Waals surface area contributed by atoms with Crippen molar-refractivity contribution in [1.82, 2.24) is 15.0 Å². The highest BCUT2D eigenvalue weighted by Gasteiger charge is 2.25. The lowest BCUT2D eigenvalue weighted by Crippen LogP contribution is -2.39. The topological polar surface area (TPSA) is 83.0 Å². The highest BCUT2D eigenvalue weighted by molar-refractivity contribution is 5.86. The van der Waals surface area contributed by atoms with Crippen molar-refractivity contribution in [2.45, 2.75) is 59.0 Å². The summed E-state index contributed by atoms with van der Waals surface area (Å²) in [6, 6.07) is 7.61. The summed E-state index contributed by atoms with van der Waals surface area (Å²) in [6.07, 6.45) is 3.92. The lowest BCUT2D eigenvalue weighted by Gasteiger charge is -2.29. The Balaban J connectivity index is 1.92. The van der Waals surface area contributed by atoms with Crippen molar-refractivity contribution in [1.29, 1.82) is 0 Å². The minimum atomic E-state index is -0.557. The van der Waals surface area contributed by atoms with Gasteiger partial charge in [0, 0.05) is 12.6 Å². The quantitative estimate of drug-likeness (QED) is 0.471. The number of aryl methyl sites for hydroxylation is 2. The van der Waals surface area contributed by atoms with Crippen LogP contribution in [0.2, 0.25) is 0 Å². The first-order chi connectivity index (χ1) is 14.3. The van der Waals surface area contributed by atoms with Crippen molar-refractivity contribution in [3.8, 4) is 0 Å². The molecule has 0 aliphatic rings. The van der Waals surface area contributed by atoms with Gasteiger partial charge in [-0.15, -0.1) is 0 Å². The van der Waals surface area contributed by atoms with Crippen LogP contribution in [0.15, 0.2) is 30.5 Å². The molecule has 160 valence electrons. The lowest BCUT2D eigenvalue weighted by atomic mass is 9.96. The number of aliphatic hydroxyl groups is 1. The van der Waals surface area contributed by atoms with Crippen molar-refractivity contribution in [2.75, 3.05) is 17.2 Å². The third-order valence-corrected chi connectivity index (χ3v) is 5.38. The molecular weight excluding hydrogens is 381 g/mol. The van der Waals surface area contributed by atoms with Crippen LogP contribution in [0, 0.1) is 19.7 Å². The van der Waals surface area contributed by atoms with E-state index < -0.39 is 11.4 Å². The highest BCUT2D eigenvalue weighted by atomic mass is 19.1. The summed E-state index contributed by atoms with van der Waals surface area (Å²) in [5.74, 6) is 0.407. The van der Waals surface area contributed by atoms with Crippen LogP contribution in [0.3, 0.4) is 0 Å². The fourth-order valence-electron chi connectivity index (χ4n) is 3.29. The molecule has 0 saturated heterocycles. The number of aromatic nitrogens is 3. The molecule has 0 radical (unpaired) electrons. The Bertz CT molecular complexity index is 1030. The Morgan fingerprint density at radius 1 is 1.13 bits per heavy atom. The van der Waals surface area contributed by atoms with Gasteiger partial charge in [0.2, 0.25) is 5.95 Å². The number of hydrogen-bond acceptors (Lipinski definition) is 6. The van der Waals surface area contributed by atoms with Gasteiger partial charge in [-0.1, -0.05) is 38.0 Å². The zero-order chi connectivity index (χ0) is 21.7. The zero-order valence-corrected chi connectivity index (χ0v) is 18.1. The van der Waals surface area contributed by atoms with Gasteiger partial charge in [0.15, 0.2) is 5.82 Å². The maximum atomic E-state index is 13.8. The van der Waals surface area contributed by atoms with Gasteiger partial charge < -0.3 is 15.7 Å². The van der Waals surface area contributed by atoms with E-state index in [-0.39, 0.29) is 6.61 Å². The van der Waals surface area contributed by atoms with E-state index in [4.69, 9.17) is 0 Å². The summed E-state index contributed by atoms with van der Waals surface area (Å²) >= 11 is 0. The third kappa shape index (κ3) is 5.21. The first-order valence-corrected chi connectivity index (χ1v) is 10.4. The number of hydrogen-bond donors (Lipinski definition) is 3. The van der Waals surface area contributed by atoms with Crippen LogP contribution in [0.25, 0.3) is 11.0 Å². The molecule has 0 amide bonds. The van der Waals surface area contributed by atoms with Crippen LogP contribution in [-0.2, 0) is 6.54 Å². The molecule has 1 atom stereocenters. The fraction of sp³-hybridized carbons (Fsp3) is 0.435. The molecule has 0 unspecified atom stereocenters. The van der Waals surface area contributed by atoms with E-state index >= 15 is 0 Å². The minimum Gasteiger partial charge on any atom is -0.394 e. The normalized spacial score (nSPS) is 13.3. The molecule has 30 heavy (non-hydrogen) atoms. The second kappa shape index (κ2) is 9.34. The monoisotopic (exact) mass is 411 g/mol. The average Bonchev–Trinajstić information content (AvgIpc) is 2.73. The van der Waals surface area contributed by atoms with Gasteiger partial charge in [-0.05, 0) is 43.9 Å². The molecule has 6 nitrogen and oxygen atoms in total. The number of pyridine rings is 1. The van der Waals surface area contributed by atoms with Crippen LogP contribution in [0.5, 0.6) is 0 Å². The van der Waals surface area contributed by atoms with Crippen molar-refractivity contribution in [3.63, 3.8) is 0 Å². The average molecular weight is 412 g/mol. The molecule has 0 bridgehead atoms. The minimum absolute atomic E-state index is 0.0505. The maximum Gasteiger partial charge on any atom is 0.225 e. The largest absolute Gasteiger partial charge is 0.394 e. The molecule has 2 heterocycles. The molecule has 1 aromatic carbocycles. The summed E-state index contributed by atoms with van der Waals surface area (Å²) in [4.78, 5) is 13.2. The molecular formula is C23H30FN5O. The first-order valence-electron chi connectivity index (χ1n) is 10.4. The van der Waals surface area contributed by atoms with Crippen molar-refractivity contribution >= 4 is 22.8 Å². The predicted octanol–water partition coefficient (Wildman–Crippen LogP) is 4.75. The van der Waals surface area contributed by atoms with E-state index in [1.54, 1.807) is 0 Å². The standard InChI is InChI=1S/C23H30FN5O/c1-5-6-9-23(4,14-30)29-21-20-19(11-18(24)13-25-20)27-22(28-21)26-12-17-8-7-15(2)16(3)10-17/h7-8,10-11,13,30H,5-6,9,12,14H2,1-4H3,(H2,26,27,28,29)/t23-/m1/s1. The van der Waals surface area contributed by atoms with Gasteiger partial charge >= 0.3 is 0 Å². The second-order valence-corrected chi connectivity index (χ2v) is 8.14. The first kappa shape index (κ1) is 21.9. The second-order valence-electron chi connectivity index (χ2n) is 8.14. The molecule has 3 N–H and O–H groups in total. The van der Waals surface area contributed by atoms with E-state index in [0.717, 1.165) is 31.0 Å². The molecule has 0 saturated carbocycles. The van der Waals surface area contributed by atoms with Gasteiger partial charge in [-0.25, -0.2) is 14.4 Å². The molecule has 0 spiro atoms. The Kier molecular flexibility index (Phi) is 6.82. The molecule has 2 aromatic heterocycles.